The Morgan fingerprint density at radius 2 is 2.00 bits per heavy atom. The van der Waals surface area contributed by atoms with Crippen molar-refractivity contribution in [3.8, 4) is 0 Å². The number of nitrogens with one attached hydrogen (secondary N) is 1. The van der Waals surface area contributed by atoms with Crippen LogP contribution in [0.1, 0.15) is 51.3 Å². The molecule has 2 heterocycles. The van der Waals surface area contributed by atoms with E-state index in [9.17, 15) is 0 Å². The molecule has 1 saturated heterocycles. The van der Waals surface area contributed by atoms with Gasteiger partial charge in [-0.25, -0.2) is 4.68 Å². The van der Waals surface area contributed by atoms with Crippen molar-refractivity contribution in [2.75, 3.05) is 20.1 Å². The second-order valence-corrected chi connectivity index (χ2v) is 6.62. The van der Waals surface area contributed by atoms with Crippen molar-refractivity contribution in [3.63, 3.8) is 0 Å². The molecule has 20 heavy (non-hydrogen) atoms. The standard InChI is InChI=1S/C14H26BrN5/c1-5-14(2,20-9-7-6-8-10-20)12(16-3)11-13(15)17-18-19(11)4/h12,16H,5-10H2,1-4H3. The third kappa shape index (κ3) is 2.78. The minimum atomic E-state index is 0.0766. The van der Waals surface area contributed by atoms with Crippen molar-refractivity contribution < 1.29 is 0 Å². The summed E-state index contributed by atoms with van der Waals surface area (Å²) < 4.78 is 2.72. The number of rotatable bonds is 5. The Morgan fingerprint density at radius 3 is 2.45 bits per heavy atom. The van der Waals surface area contributed by atoms with Crippen molar-refractivity contribution in [2.45, 2.75) is 51.1 Å². The first-order valence-corrected chi connectivity index (χ1v) is 8.31. The van der Waals surface area contributed by atoms with E-state index in [0.29, 0.717) is 0 Å². The van der Waals surface area contributed by atoms with Gasteiger partial charge in [-0.2, -0.15) is 0 Å². The molecule has 1 N–H and O–H groups in total. The van der Waals surface area contributed by atoms with E-state index in [-0.39, 0.29) is 11.6 Å². The molecular formula is C14H26BrN5. The van der Waals surface area contributed by atoms with Crippen LogP contribution >= 0.6 is 15.9 Å². The Kier molecular flexibility index (Phi) is 5.20. The van der Waals surface area contributed by atoms with Crippen molar-refractivity contribution in [1.29, 1.82) is 0 Å². The molecule has 2 atom stereocenters. The lowest BCUT2D eigenvalue weighted by molar-refractivity contribution is 0.0422. The van der Waals surface area contributed by atoms with Crippen LogP contribution in [0.15, 0.2) is 4.60 Å². The molecule has 1 aliphatic heterocycles. The lowest BCUT2D eigenvalue weighted by Gasteiger charge is -2.47. The average Bonchev–Trinajstić information content (AvgIpc) is 2.81. The molecule has 114 valence electrons. The number of hydrogen-bond donors (Lipinski definition) is 1. The summed E-state index contributed by atoms with van der Waals surface area (Å²) in [6.45, 7) is 7.01. The highest BCUT2D eigenvalue weighted by Gasteiger charge is 2.41. The molecule has 5 nitrogen and oxygen atoms in total. The van der Waals surface area contributed by atoms with Gasteiger partial charge >= 0.3 is 0 Å². The van der Waals surface area contributed by atoms with Crippen molar-refractivity contribution in [2.24, 2.45) is 7.05 Å². The molecule has 1 fully saturated rings. The van der Waals surface area contributed by atoms with Crippen molar-refractivity contribution in [1.82, 2.24) is 25.2 Å². The summed E-state index contributed by atoms with van der Waals surface area (Å²) in [7, 11) is 3.99. The zero-order valence-electron chi connectivity index (χ0n) is 13.0. The predicted octanol–water partition coefficient (Wildman–Crippen LogP) is 2.49. The van der Waals surface area contributed by atoms with Gasteiger partial charge in [0.1, 0.15) is 0 Å². The van der Waals surface area contributed by atoms with Crippen LogP contribution in [0.2, 0.25) is 0 Å². The smallest absolute Gasteiger partial charge is 0.153 e. The Labute approximate surface area is 130 Å². The van der Waals surface area contributed by atoms with Gasteiger partial charge in [-0.05, 0) is 62.3 Å². The van der Waals surface area contributed by atoms with Gasteiger partial charge < -0.3 is 5.32 Å². The summed E-state index contributed by atoms with van der Waals surface area (Å²) in [6, 6.07) is 0.208. The van der Waals surface area contributed by atoms with Gasteiger partial charge in [0.15, 0.2) is 4.60 Å². The van der Waals surface area contributed by atoms with Gasteiger partial charge in [0.2, 0.25) is 0 Å². The van der Waals surface area contributed by atoms with E-state index in [0.717, 1.165) is 16.7 Å². The first-order chi connectivity index (χ1) is 9.54. The Bertz CT molecular complexity index is 421. The van der Waals surface area contributed by atoms with Crippen molar-refractivity contribution >= 4 is 15.9 Å². The molecule has 1 aromatic rings. The summed E-state index contributed by atoms with van der Waals surface area (Å²) in [5, 5.41) is 11.8. The van der Waals surface area contributed by atoms with Gasteiger partial charge in [0.25, 0.3) is 0 Å². The third-order valence-corrected chi connectivity index (χ3v) is 5.37. The van der Waals surface area contributed by atoms with E-state index in [1.54, 1.807) is 0 Å². The topological polar surface area (TPSA) is 46.0 Å². The van der Waals surface area contributed by atoms with Crippen LogP contribution in [0.3, 0.4) is 0 Å². The van der Waals surface area contributed by atoms with Gasteiger partial charge in [0, 0.05) is 12.6 Å². The number of hydrogen-bond acceptors (Lipinski definition) is 4. The molecule has 2 rings (SSSR count). The minimum Gasteiger partial charge on any atom is -0.310 e. The average molecular weight is 344 g/mol. The maximum absolute atomic E-state index is 4.15. The molecule has 0 bridgehead atoms. The molecule has 0 radical (unpaired) electrons. The number of halogens is 1. The second kappa shape index (κ2) is 6.54. The minimum absolute atomic E-state index is 0.0766. The summed E-state index contributed by atoms with van der Waals surface area (Å²) in [6.07, 6.45) is 5.06. The SMILES string of the molecule is CCC(C)(C(NC)c1c(Br)nnn1C)N1CCCCC1. The third-order valence-electron chi connectivity index (χ3n) is 4.80. The first kappa shape index (κ1) is 15.9. The zero-order valence-corrected chi connectivity index (χ0v) is 14.6. The van der Waals surface area contributed by atoms with E-state index in [2.05, 4.69) is 50.3 Å². The quantitative estimate of drug-likeness (QED) is 0.892. The molecule has 1 aromatic heterocycles. The van der Waals surface area contributed by atoms with Crippen LogP contribution in [0.5, 0.6) is 0 Å². The lowest BCUT2D eigenvalue weighted by Crippen LogP contribution is -2.55. The van der Waals surface area contributed by atoms with Crippen LogP contribution < -0.4 is 5.32 Å². The second-order valence-electron chi connectivity index (χ2n) is 5.87. The predicted molar refractivity (Wildman–Crippen MR) is 84.6 cm³/mol. The van der Waals surface area contributed by atoms with E-state index < -0.39 is 0 Å². The zero-order chi connectivity index (χ0) is 14.8. The van der Waals surface area contributed by atoms with Gasteiger partial charge in [-0.3, -0.25) is 4.90 Å². The number of likely N-dealkylation sites (tertiary alicyclic amines) is 1. The fourth-order valence-corrected chi connectivity index (χ4v) is 3.96. The number of aromatic nitrogens is 3. The van der Waals surface area contributed by atoms with Crippen LogP contribution in [0.25, 0.3) is 0 Å². The summed E-state index contributed by atoms with van der Waals surface area (Å²) in [5.74, 6) is 0. The van der Waals surface area contributed by atoms with Crippen LogP contribution in [-0.2, 0) is 7.05 Å². The highest BCUT2D eigenvalue weighted by molar-refractivity contribution is 9.10. The maximum Gasteiger partial charge on any atom is 0.153 e. The molecule has 0 aliphatic carbocycles. The Balaban J connectivity index is 2.36. The molecule has 0 aromatic carbocycles. The Hall–Kier alpha value is -0.460. The molecular weight excluding hydrogens is 318 g/mol. The van der Waals surface area contributed by atoms with E-state index in [1.807, 2.05) is 18.8 Å². The van der Waals surface area contributed by atoms with Gasteiger partial charge in [-0.15, -0.1) is 5.10 Å². The summed E-state index contributed by atoms with van der Waals surface area (Å²) in [5.41, 5.74) is 1.20. The summed E-state index contributed by atoms with van der Waals surface area (Å²) >= 11 is 3.55. The normalized spacial score (nSPS) is 21.6. The number of aryl methyl sites for hydroxylation is 1. The maximum atomic E-state index is 4.15. The van der Waals surface area contributed by atoms with Gasteiger partial charge in [-0.1, -0.05) is 18.6 Å². The highest BCUT2D eigenvalue weighted by Crippen LogP contribution is 2.37. The number of likely N-dealkylation sites (N-methyl/N-ethyl adjacent to an activating group) is 1. The lowest BCUT2D eigenvalue weighted by atomic mass is 9.84. The van der Waals surface area contributed by atoms with Gasteiger partial charge in [0.05, 0.1) is 11.7 Å². The number of piperidine rings is 1. The van der Waals surface area contributed by atoms with Crippen LogP contribution in [-0.4, -0.2) is 45.6 Å². The Morgan fingerprint density at radius 1 is 1.35 bits per heavy atom. The largest absolute Gasteiger partial charge is 0.310 e. The van der Waals surface area contributed by atoms with E-state index >= 15 is 0 Å². The molecule has 6 heteroatoms. The first-order valence-electron chi connectivity index (χ1n) is 7.52. The van der Waals surface area contributed by atoms with Crippen LogP contribution in [0, 0.1) is 0 Å². The van der Waals surface area contributed by atoms with Crippen LogP contribution in [0.4, 0.5) is 0 Å². The molecule has 0 amide bonds. The van der Waals surface area contributed by atoms with E-state index in [1.165, 1.54) is 32.4 Å². The fraction of sp³-hybridized carbons (Fsp3) is 0.857. The fourth-order valence-electron chi connectivity index (χ4n) is 3.40. The monoisotopic (exact) mass is 343 g/mol. The molecule has 1 aliphatic rings. The summed E-state index contributed by atoms with van der Waals surface area (Å²) in [4.78, 5) is 2.64. The van der Waals surface area contributed by atoms with E-state index in [4.69, 9.17) is 0 Å². The molecule has 2 unspecified atom stereocenters. The van der Waals surface area contributed by atoms with Crippen molar-refractivity contribution in [3.05, 3.63) is 10.3 Å². The molecule has 0 saturated carbocycles. The highest BCUT2D eigenvalue weighted by atomic mass is 79.9. The number of nitrogens with zero attached hydrogens (tertiary/aromatic N) is 4. The molecule has 0 spiro atoms.